The summed E-state index contributed by atoms with van der Waals surface area (Å²) in [7, 11) is -2.63. The molecule has 2 saturated carbocycles. The number of hydrogen-bond donors (Lipinski definition) is 0. The zero-order valence-corrected chi connectivity index (χ0v) is 19.7. The molecule has 2 aromatic rings. The highest BCUT2D eigenvalue weighted by Gasteiger charge is 2.75. The van der Waals surface area contributed by atoms with Gasteiger partial charge in [0.15, 0.2) is 24.0 Å². The summed E-state index contributed by atoms with van der Waals surface area (Å²) in [5.74, 6) is -0.389. The van der Waals surface area contributed by atoms with Gasteiger partial charge < -0.3 is 18.6 Å². The van der Waals surface area contributed by atoms with Crippen molar-refractivity contribution >= 4 is 41.7 Å². The fourth-order valence-electron chi connectivity index (χ4n) is 5.46. The molecular weight excluding hydrogens is 450 g/mol. The Balaban J connectivity index is 1.51. The van der Waals surface area contributed by atoms with Crippen LogP contribution in [0.3, 0.4) is 0 Å². The zero-order valence-electron chi connectivity index (χ0n) is 17.3. The predicted octanol–water partition coefficient (Wildman–Crippen LogP) is 4.55. The summed E-state index contributed by atoms with van der Waals surface area (Å²) >= 11 is 12.3. The monoisotopic (exact) mass is 474 g/mol. The molecule has 0 amide bonds. The predicted molar refractivity (Wildman–Crippen MR) is 113 cm³/mol. The Labute approximate surface area is 185 Å². The Hall–Kier alpha value is -0.760. The van der Waals surface area contributed by atoms with Crippen molar-refractivity contribution in [3.8, 4) is 0 Å². The lowest BCUT2D eigenvalue weighted by molar-refractivity contribution is -0.161. The van der Waals surface area contributed by atoms with Gasteiger partial charge in [-0.3, -0.25) is 4.57 Å². The van der Waals surface area contributed by atoms with Crippen LogP contribution in [0.5, 0.6) is 0 Å². The number of fused-ring (bicyclic) bond motifs is 4. The summed E-state index contributed by atoms with van der Waals surface area (Å²) in [5, 5.41) is 0.311. The van der Waals surface area contributed by atoms with Gasteiger partial charge in [0.05, 0.1) is 25.1 Å². The van der Waals surface area contributed by atoms with Gasteiger partial charge in [-0.05, 0) is 51.1 Å². The molecule has 3 aliphatic rings. The molecule has 0 aromatic carbocycles. The summed E-state index contributed by atoms with van der Waals surface area (Å²) in [5.41, 5.74) is 1.02. The number of ether oxygens (including phenoxy) is 2. The van der Waals surface area contributed by atoms with E-state index in [1.807, 2.05) is 25.3 Å². The van der Waals surface area contributed by atoms with Gasteiger partial charge in [-0.1, -0.05) is 11.6 Å². The molecule has 3 heterocycles. The molecule has 0 radical (unpaired) electrons. The third-order valence-electron chi connectivity index (χ3n) is 6.68. The van der Waals surface area contributed by atoms with E-state index in [4.69, 9.17) is 37.2 Å². The van der Waals surface area contributed by atoms with E-state index >= 15 is 0 Å². The molecule has 1 unspecified atom stereocenters. The SMILES string of the molecule is CCOP(C)(=O)CC[C@]12C[C@@H]1[C@@H](n1cnc3c(Cl)nc(Cl)nc31)[C@@H]1OC(C)(C)O[C@@H]12. The molecule has 0 spiro atoms. The average molecular weight is 475 g/mol. The van der Waals surface area contributed by atoms with Gasteiger partial charge in [-0.2, -0.15) is 4.98 Å². The molecule has 5 rings (SSSR count). The van der Waals surface area contributed by atoms with Gasteiger partial charge in [0.2, 0.25) is 5.28 Å². The maximum atomic E-state index is 12.8. The smallest absolute Gasteiger partial charge is 0.225 e. The van der Waals surface area contributed by atoms with Crippen molar-refractivity contribution in [2.45, 2.75) is 57.6 Å². The molecule has 6 atom stereocenters. The fraction of sp³-hybridized carbons (Fsp3) is 0.737. The van der Waals surface area contributed by atoms with Crippen LogP contribution in [-0.2, 0) is 18.6 Å². The Morgan fingerprint density at radius 1 is 1.33 bits per heavy atom. The van der Waals surface area contributed by atoms with E-state index in [1.54, 1.807) is 13.0 Å². The van der Waals surface area contributed by atoms with Gasteiger partial charge in [0.1, 0.15) is 11.6 Å². The minimum absolute atomic E-state index is 0.0212. The van der Waals surface area contributed by atoms with Crippen LogP contribution in [0.2, 0.25) is 10.4 Å². The van der Waals surface area contributed by atoms with Gasteiger partial charge >= 0.3 is 0 Å². The van der Waals surface area contributed by atoms with Crippen molar-refractivity contribution in [2.24, 2.45) is 11.3 Å². The maximum Gasteiger partial charge on any atom is 0.225 e. The van der Waals surface area contributed by atoms with Gasteiger partial charge in [-0.15, -0.1) is 0 Å². The third-order valence-corrected chi connectivity index (χ3v) is 8.95. The van der Waals surface area contributed by atoms with Crippen molar-refractivity contribution in [2.75, 3.05) is 19.4 Å². The van der Waals surface area contributed by atoms with Gasteiger partial charge in [0.25, 0.3) is 0 Å². The van der Waals surface area contributed by atoms with Crippen molar-refractivity contribution in [3.05, 3.63) is 16.8 Å². The second-order valence-electron chi connectivity index (χ2n) is 9.07. The van der Waals surface area contributed by atoms with Crippen LogP contribution in [0.15, 0.2) is 6.33 Å². The molecule has 2 aliphatic carbocycles. The largest absolute Gasteiger partial charge is 0.344 e. The average Bonchev–Trinajstić information content (AvgIpc) is 2.90. The summed E-state index contributed by atoms with van der Waals surface area (Å²) < 4.78 is 33.0. The quantitative estimate of drug-likeness (QED) is 0.344. The van der Waals surface area contributed by atoms with E-state index in [0.29, 0.717) is 29.9 Å². The minimum Gasteiger partial charge on any atom is -0.344 e. The Morgan fingerprint density at radius 3 is 2.83 bits per heavy atom. The molecular formula is C19H25Cl2N4O4P. The number of hydrogen-bond acceptors (Lipinski definition) is 7. The lowest BCUT2D eigenvalue weighted by Crippen LogP contribution is -2.32. The zero-order chi connectivity index (χ0) is 21.5. The first-order valence-electron chi connectivity index (χ1n) is 10.2. The summed E-state index contributed by atoms with van der Waals surface area (Å²) in [4.78, 5) is 12.8. The van der Waals surface area contributed by atoms with Crippen molar-refractivity contribution in [1.82, 2.24) is 19.5 Å². The lowest BCUT2D eigenvalue weighted by atomic mass is 9.96. The van der Waals surface area contributed by atoms with E-state index < -0.39 is 13.2 Å². The fourth-order valence-corrected chi connectivity index (χ4v) is 7.38. The number of halogens is 2. The van der Waals surface area contributed by atoms with Crippen LogP contribution in [-0.4, -0.2) is 56.9 Å². The number of rotatable bonds is 6. The first-order chi connectivity index (χ1) is 14.1. The van der Waals surface area contributed by atoms with Crippen molar-refractivity contribution < 1.29 is 18.6 Å². The molecule has 164 valence electrons. The van der Waals surface area contributed by atoms with E-state index in [0.717, 1.165) is 12.8 Å². The molecule has 1 aliphatic heterocycles. The van der Waals surface area contributed by atoms with Crippen LogP contribution in [0.1, 0.15) is 39.7 Å². The van der Waals surface area contributed by atoms with Gasteiger partial charge in [-0.25, -0.2) is 9.97 Å². The normalized spacial score (nSPS) is 35.9. The number of nitrogens with zero attached hydrogens (tertiary/aromatic N) is 4. The first-order valence-corrected chi connectivity index (χ1v) is 13.2. The third kappa shape index (κ3) is 3.23. The van der Waals surface area contributed by atoms with Crippen LogP contribution < -0.4 is 0 Å². The Kier molecular flexibility index (Phi) is 4.83. The van der Waals surface area contributed by atoms with E-state index in [9.17, 15) is 4.57 Å². The molecule has 11 heteroatoms. The molecule has 8 nitrogen and oxygen atoms in total. The second-order valence-corrected chi connectivity index (χ2v) is 12.5. The Bertz CT molecular complexity index is 1060. The molecule has 2 aromatic heterocycles. The molecule has 3 fully saturated rings. The minimum atomic E-state index is -2.63. The second kappa shape index (κ2) is 6.87. The van der Waals surface area contributed by atoms with E-state index in [-0.39, 0.29) is 34.1 Å². The van der Waals surface area contributed by atoms with Gasteiger partial charge in [0, 0.05) is 18.2 Å². The highest BCUT2D eigenvalue weighted by molar-refractivity contribution is 7.58. The van der Waals surface area contributed by atoms with E-state index in [1.165, 1.54) is 0 Å². The van der Waals surface area contributed by atoms with Crippen LogP contribution in [0.25, 0.3) is 11.2 Å². The summed E-state index contributed by atoms with van der Waals surface area (Å²) in [6, 6.07) is -0.0212. The maximum absolute atomic E-state index is 12.8. The highest BCUT2D eigenvalue weighted by atomic mass is 35.5. The number of aromatic nitrogens is 4. The van der Waals surface area contributed by atoms with Crippen LogP contribution in [0, 0.1) is 11.3 Å². The van der Waals surface area contributed by atoms with Crippen molar-refractivity contribution in [3.63, 3.8) is 0 Å². The molecule has 0 N–H and O–H groups in total. The summed E-state index contributed by atoms with van der Waals surface area (Å²) in [6.07, 6.45) is 3.75. The first kappa shape index (κ1) is 21.1. The standard InChI is InChI=1S/C19H25Cl2N4O4P/c1-5-27-30(4,26)7-6-19-8-10(19)12(13-14(19)29-18(2,3)28-13)25-9-22-11-15(20)23-17(21)24-16(11)25/h9-10,12-14H,5-8H2,1-4H3/t10-,12-,13+,14+,19+,30?/m1/s1. The lowest BCUT2D eigenvalue weighted by Gasteiger charge is -2.24. The van der Waals surface area contributed by atoms with Crippen LogP contribution >= 0.6 is 30.6 Å². The van der Waals surface area contributed by atoms with Crippen LogP contribution in [0.4, 0.5) is 0 Å². The molecule has 30 heavy (non-hydrogen) atoms. The molecule has 0 bridgehead atoms. The summed E-state index contributed by atoms with van der Waals surface area (Å²) in [6.45, 7) is 7.90. The molecule has 1 saturated heterocycles. The number of imidazole rings is 1. The van der Waals surface area contributed by atoms with Crippen molar-refractivity contribution in [1.29, 1.82) is 0 Å². The Morgan fingerprint density at radius 2 is 2.10 bits per heavy atom. The van der Waals surface area contributed by atoms with E-state index in [2.05, 4.69) is 15.0 Å². The topological polar surface area (TPSA) is 88.4 Å². The highest BCUT2D eigenvalue weighted by Crippen LogP contribution is 2.74.